The van der Waals surface area contributed by atoms with Gasteiger partial charge in [-0.3, -0.25) is 9.59 Å². The molecule has 262 valence electrons. The summed E-state index contributed by atoms with van der Waals surface area (Å²) in [6.45, 7) is 10.8. The Morgan fingerprint density at radius 1 is 1.12 bits per heavy atom. The quantitative estimate of drug-likeness (QED) is 0.396. The number of benzene rings is 1. The molecule has 2 saturated carbocycles. The highest BCUT2D eigenvalue weighted by molar-refractivity contribution is 5.92. The van der Waals surface area contributed by atoms with Crippen molar-refractivity contribution in [2.45, 2.75) is 122 Å². The molecule has 2 unspecified atom stereocenters. The minimum atomic E-state index is -3.01. The van der Waals surface area contributed by atoms with Crippen LogP contribution >= 0.6 is 0 Å². The molecular weight excluding hydrogens is 622 g/mol. The number of Topliss-reactive ketones (excluding diaryl/α,β-unsaturated/α-hetero) is 1. The van der Waals surface area contributed by atoms with E-state index in [4.69, 9.17) is 24.2 Å². The molecule has 3 fully saturated rings. The van der Waals surface area contributed by atoms with Crippen molar-refractivity contribution in [3.63, 3.8) is 0 Å². The van der Waals surface area contributed by atoms with Crippen molar-refractivity contribution in [1.82, 2.24) is 20.2 Å². The normalized spacial score (nSPS) is 33.7. The first-order valence-electron chi connectivity index (χ1n) is 17.3. The first-order chi connectivity index (χ1) is 22.6. The molecule has 1 N–H and O–H groups in total. The number of carbonyl (C=O) groups is 3. The minimum Gasteiger partial charge on any atom is -0.497 e. The van der Waals surface area contributed by atoms with Crippen molar-refractivity contribution in [2.75, 3.05) is 13.7 Å². The van der Waals surface area contributed by atoms with Crippen LogP contribution in [0.5, 0.6) is 11.6 Å². The second-order valence-electron chi connectivity index (χ2n) is 15.5. The van der Waals surface area contributed by atoms with Crippen molar-refractivity contribution in [3.8, 4) is 11.6 Å². The van der Waals surface area contributed by atoms with E-state index in [1.165, 1.54) is 18.9 Å². The Morgan fingerprint density at radius 2 is 1.85 bits per heavy atom. The molecule has 4 aliphatic rings. The maximum Gasteiger partial charge on any atom is 0.408 e. The first-order valence-corrected chi connectivity index (χ1v) is 17.3. The fourth-order valence-corrected chi connectivity index (χ4v) is 8.50. The summed E-state index contributed by atoms with van der Waals surface area (Å²) in [5, 5.41) is 2.86. The molecule has 2 bridgehead atoms. The monoisotopic (exact) mass is 670 g/mol. The van der Waals surface area contributed by atoms with E-state index in [1.807, 2.05) is 34.6 Å². The number of hydrogen-bond acceptors (Lipinski definition) is 8. The Labute approximate surface area is 280 Å². The van der Waals surface area contributed by atoms with Crippen LogP contribution in [0, 0.1) is 23.2 Å². The highest BCUT2D eigenvalue weighted by Gasteiger charge is 2.70. The van der Waals surface area contributed by atoms with Gasteiger partial charge in [0.25, 0.3) is 5.92 Å². The van der Waals surface area contributed by atoms with E-state index in [0.29, 0.717) is 42.5 Å². The predicted octanol–water partition coefficient (Wildman–Crippen LogP) is 6.44. The molecule has 2 aliphatic carbocycles. The number of nitrogens with zero attached hydrogens (tertiary/aromatic N) is 3. The van der Waals surface area contributed by atoms with Crippen molar-refractivity contribution in [1.29, 1.82) is 0 Å². The van der Waals surface area contributed by atoms with Gasteiger partial charge in [-0.25, -0.2) is 23.5 Å². The van der Waals surface area contributed by atoms with Crippen molar-refractivity contribution >= 4 is 28.8 Å². The number of hydrogen-bond donors (Lipinski definition) is 1. The lowest BCUT2D eigenvalue weighted by atomic mass is 9.85. The molecule has 10 nitrogen and oxygen atoms in total. The summed E-state index contributed by atoms with van der Waals surface area (Å²) in [6.07, 6.45) is 2.81. The number of alkyl carbamates (subject to hydrolysis) is 1. The lowest BCUT2D eigenvalue weighted by molar-refractivity contribution is -0.141. The molecular formula is C36H48F2N4O6. The third-order valence-corrected chi connectivity index (χ3v) is 11.2. The number of alkyl halides is 2. The molecule has 0 spiro atoms. The van der Waals surface area contributed by atoms with Crippen molar-refractivity contribution in [3.05, 3.63) is 23.9 Å². The van der Waals surface area contributed by atoms with Gasteiger partial charge in [0.2, 0.25) is 11.8 Å². The fourth-order valence-electron chi connectivity index (χ4n) is 8.50. The third kappa shape index (κ3) is 6.08. The second kappa shape index (κ2) is 12.4. The SMILES string of the molecule is CC[C@@H]1[C@@H]2CN(C(=O)[C@H](C(C)(C)C)NC(=O)O[C@]3(C)CCC[C@H]3CCCC3C(c4nc5ccc(OC)cc5nc4O2)C3(F)F)[C@@H]1C(C)=O. The Hall–Kier alpha value is -3.57. The second-order valence-corrected chi connectivity index (χ2v) is 15.5. The molecule has 2 amide bonds. The van der Waals surface area contributed by atoms with Gasteiger partial charge in [-0.05, 0) is 75.8 Å². The third-order valence-electron chi connectivity index (χ3n) is 11.2. The van der Waals surface area contributed by atoms with E-state index in [-0.39, 0.29) is 36.2 Å². The van der Waals surface area contributed by atoms with Gasteiger partial charge < -0.3 is 24.4 Å². The summed E-state index contributed by atoms with van der Waals surface area (Å²) in [4.78, 5) is 52.1. The predicted molar refractivity (Wildman–Crippen MR) is 174 cm³/mol. The molecule has 2 aliphatic heterocycles. The van der Waals surface area contributed by atoms with Gasteiger partial charge in [-0.1, -0.05) is 34.1 Å². The van der Waals surface area contributed by atoms with Gasteiger partial charge in [-0.2, -0.15) is 0 Å². The number of rotatable bonds is 3. The van der Waals surface area contributed by atoms with E-state index in [0.717, 1.165) is 12.8 Å². The average molecular weight is 671 g/mol. The van der Waals surface area contributed by atoms with Crippen LogP contribution < -0.4 is 14.8 Å². The number of methoxy groups -OCH3 is 1. The van der Waals surface area contributed by atoms with Crippen LogP contribution in [-0.4, -0.2) is 76.0 Å². The number of ketones is 1. The number of halogens is 2. The molecule has 1 aromatic carbocycles. The minimum absolute atomic E-state index is 0.00201. The first kappa shape index (κ1) is 34.3. The number of fused-ring (bicyclic) bond motifs is 7. The zero-order valence-electron chi connectivity index (χ0n) is 29.0. The lowest BCUT2D eigenvalue weighted by Crippen LogP contribution is -2.58. The van der Waals surface area contributed by atoms with Crippen LogP contribution in [0.3, 0.4) is 0 Å². The fraction of sp³-hybridized carbons (Fsp3) is 0.694. The zero-order valence-corrected chi connectivity index (χ0v) is 29.0. The molecule has 1 saturated heterocycles. The van der Waals surface area contributed by atoms with Gasteiger partial charge in [0.15, 0.2) is 5.78 Å². The Bertz CT molecular complexity index is 1600. The molecule has 6 rings (SSSR count). The molecule has 0 radical (unpaired) electrons. The summed E-state index contributed by atoms with van der Waals surface area (Å²) >= 11 is 0. The summed E-state index contributed by atoms with van der Waals surface area (Å²) in [5.41, 5.74) is -0.545. The molecule has 8 atom stereocenters. The van der Waals surface area contributed by atoms with E-state index in [1.54, 1.807) is 18.2 Å². The molecule has 12 heteroatoms. The van der Waals surface area contributed by atoms with Crippen LogP contribution in [0.25, 0.3) is 11.0 Å². The number of ether oxygens (including phenoxy) is 3. The standard InChI is InChI=1S/C36H48F2N4O6/c1-8-22-26-18-42(29(22)19(2)43)32(44)30(34(3,4)5)41-33(45)48-35(6)16-10-12-20(35)11-9-13-23-27(36(23,37)38)28-31(47-26)40-25-17-21(46-7)14-15-24(25)39-28/h14-15,17,20,22-23,26-27,29-30H,8-13,16,18H2,1-7H3,(H,41,45)/t20-,22-,23?,26+,27?,29-,30-,35-/m1/s1. The van der Waals surface area contributed by atoms with Crippen LogP contribution in [-0.2, 0) is 14.3 Å². The summed E-state index contributed by atoms with van der Waals surface area (Å²) in [7, 11) is 1.53. The van der Waals surface area contributed by atoms with Crippen LogP contribution in [0.2, 0.25) is 0 Å². The maximum absolute atomic E-state index is 15.7. The van der Waals surface area contributed by atoms with E-state index < -0.39 is 64.9 Å². The molecule has 2 aromatic rings. The van der Waals surface area contributed by atoms with E-state index in [9.17, 15) is 14.4 Å². The van der Waals surface area contributed by atoms with E-state index in [2.05, 4.69) is 5.32 Å². The Kier molecular flexibility index (Phi) is 8.86. The highest BCUT2D eigenvalue weighted by Crippen LogP contribution is 2.64. The Morgan fingerprint density at radius 3 is 2.52 bits per heavy atom. The van der Waals surface area contributed by atoms with Crippen molar-refractivity contribution in [2.24, 2.45) is 23.2 Å². The smallest absolute Gasteiger partial charge is 0.408 e. The van der Waals surface area contributed by atoms with Crippen molar-refractivity contribution < 1.29 is 37.4 Å². The van der Waals surface area contributed by atoms with Gasteiger partial charge in [-0.15, -0.1) is 0 Å². The van der Waals surface area contributed by atoms with Crippen LogP contribution in [0.1, 0.15) is 98.1 Å². The highest BCUT2D eigenvalue weighted by atomic mass is 19.3. The van der Waals surface area contributed by atoms with Gasteiger partial charge >= 0.3 is 6.09 Å². The molecule has 48 heavy (non-hydrogen) atoms. The number of carbonyl (C=O) groups excluding carboxylic acids is 3. The molecule has 3 heterocycles. The number of aromatic nitrogens is 2. The topological polar surface area (TPSA) is 120 Å². The summed E-state index contributed by atoms with van der Waals surface area (Å²) in [6, 6.07) is 3.24. The van der Waals surface area contributed by atoms with Crippen LogP contribution in [0.15, 0.2) is 18.2 Å². The Balaban J connectivity index is 1.46. The number of amides is 2. The van der Waals surface area contributed by atoms with Gasteiger partial charge in [0.1, 0.15) is 29.2 Å². The van der Waals surface area contributed by atoms with Gasteiger partial charge in [0, 0.05) is 17.9 Å². The summed E-state index contributed by atoms with van der Waals surface area (Å²) < 4.78 is 49.4. The largest absolute Gasteiger partial charge is 0.497 e. The zero-order chi connectivity index (χ0) is 34.8. The van der Waals surface area contributed by atoms with Gasteiger partial charge in [0.05, 0.1) is 36.6 Å². The maximum atomic E-state index is 15.7. The summed E-state index contributed by atoms with van der Waals surface area (Å²) in [5.74, 6) is -5.73. The van der Waals surface area contributed by atoms with Crippen LogP contribution in [0.4, 0.5) is 13.6 Å². The molecule has 1 aromatic heterocycles. The number of nitrogens with one attached hydrogen (secondary N) is 1. The average Bonchev–Trinajstić information content (AvgIpc) is 3.26. The van der Waals surface area contributed by atoms with E-state index >= 15 is 8.78 Å². The lowest BCUT2D eigenvalue weighted by Gasteiger charge is -2.37.